The average molecular weight is 346 g/mol. The molecular weight excluding hydrogens is 343 g/mol. The van der Waals surface area contributed by atoms with E-state index in [0.29, 0.717) is 0 Å². The Kier molecular flexibility index (Phi) is 2.88. The van der Waals surface area contributed by atoms with Gasteiger partial charge in [-0.25, -0.2) is 0 Å². The summed E-state index contributed by atoms with van der Waals surface area (Å²) in [5.74, 6) is 0. The van der Waals surface area contributed by atoms with E-state index in [0.717, 1.165) is 0 Å². The van der Waals surface area contributed by atoms with Crippen molar-refractivity contribution in [2.24, 2.45) is 0 Å². The van der Waals surface area contributed by atoms with Gasteiger partial charge in [-0.05, 0) is 0 Å². The topological polar surface area (TPSA) is 43.1 Å². The third-order valence-corrected chi connectivity index (χ3v) is 7.27. The molecule has 2 aliphatic carbocycles. The molecule has 9 heteroatoms. The van der Waals surface area contributed by atoms with Crippen LogP contribution in [0.3, 0.4) is 0 Å². The number of fused-ring (bicyclic) bond motifs is 2. The zero-order valence-corrected chi connectivity index (χ0v) is 11.9. The Labute approximate surface area is 121 Å². The van der Waals surface area contributed by atoms with Gasteiger partial charge in [0.1, 0.15) is 4.87 Å². The standard InChI is InChI=1S/C7H3Cl6NO2/c8-3-4(9)6(11)2(14(15)16)1-5(3,10)7(6,12)13/h2H,1H2/t2-,5-,6-/m0/s1. The van der Waals surface area contributed by atoms with Gasteiger partial charge in [0.05, 0.1) is 10.1 Å². The highest BCUT2D eigenvalue weighted by Crippen LogP contribution is 2.72. The molecule has 3 atom stereocenters. The predicted octanol–water partition coefficient (Wildman–Crippen LogP) is 3.87. The van der Waals surface area contributed by atoms with E-state index in [4.69, 9.17) is 69.6 Å². The molecular formula is C7H3Cl6NO2. The van der Waals surface area contributed by atoms with E-state index in [-0.39, 0.29) is 16.5 Å². The molecule has 0 heterocycles. The van der Waals surface area contributed by atoms with Gasteiger partial charge in [0.25, 0.3) is 0 Å². The molecule has 2 bridgehead atoms. The number of hydrogen-bond donors (Lipinski definition) is 0. The Balaban J connectivity index is 2.69. The van der Waals surface area contributed by atoms with Crippen LogP contribution in [0.25, 0.3) is 0 Å². The van der Waals surface area contributed by atoms with Crippen molar-refractivity contribution in [3.05, 3.63) is 20.2 Å². The summed E-state index contributed by atoms with van der Waals surface area (Å²) in [5.41, 5.74) is 0. The van der Waals surface area contributed by atoms with Gasteiger partial charge in [-0.1, -0.05) is 46.4 Å². The minimum absolute atomic E-state index is 0.0195. The number of nitrogens with zero attached hydrogens (tertiary/aromatic N) is 1. The number of alkyl halides is 4. The molecule has 1 fully saturated rings. The second-order valence-electron chi connectivity index (χ2n) is 3.72. The number of allylic oxidation sites excluding steroid dienone is 1. The lowest BCUT2D eigenvalue weighted by molar-refractivity contribution is -0.524. The molecule has 2 rings (SSSR count). The monoisotopic (exact) mass is 343 g/mol. The SMILES string of the molecule is O=[N+]([O-])[C@H]1C[C@]2(Cl)C(Cl)=C(Cl)[C@]1(Cl)C2(Cl)Cl. The first kappa shape index (κ1) is 13.3. The molecule has 1 saturated carbocycles. The molecule has 0 amide bonds. The molecule has 0 spiro atoms. The van der Waals surface area contributed by atoms with E-state index in [1.807, 2.05) is 0 Å². The van der Waals surface area contributed by atoms with Crippen molar-refractivity contribution in [2.45, 2.75) is 26.5 Å². The predicted molar refractivity (Wildman–Crippen MR) is 65.7 cm³/mol. The summed E-state index contributed by atoms with van der Waals surface area (Å²) in [6, 6.07) is -1.27. The molecule has 90 valence electrons. The van der Waals surface area contributed by atoms with Crippen LogP contribution in [-0.2, 0) is 0 Å². The highest BCUT2D eigenvalue weighted by atomic mass is 35.5. The summed E-state index contributed by atoms with van der Waals surface area (Å²) in [7, 11) is 0. The Hall–Kier alpha value is 0.880. The van der Waals surface area contributed by atoms with E-state index in [1.165, 1.54) is 0 Å². The van der Waals surface area contributed by atoms with E-state index in [9.17, 15) is 10.1 Å². The molecule has 0 aromatic rings. The second kappa shape index (κ2) is 3.46. The third kappa shape index (κ3) is 1.15. The van der Waals surface area contributed by atoms with E-state index in [2.05, 4.69) is 0 Å². The first-order valence-electron chi connectivity index (χ1n) is 4.06. The largest absolute Gasteiger partial charge is 0.264 e. The number of nitro groups is 1. The maximum atomic E-state index is 10.9. The summed E-state index contributed by atoms with van der Waals surface area (Å²) >= 11 is 36.1. The Morgan fingerprint density at radius 1 is 1.19 bits per heavy atom. The maximum absolute atomic E-state index is 10.9. The highest BCUT2D eigenvalue weighted by molar-refractivity contribution is 6.65. The Bertz CT molecular complexity index is 423. The van der Waals surface area contributed by atoms with Crippen molar-refractivity contribution < 1.29 is 4.92 Å². The van der Waals surface area contributed by atoms with Crippen LogP contribution in [0.1, 0.15) is 6.42 Å². The lowest BCUT2D eigenvalue weighted by Gasteiger charge is -2.30. The molecule has 16 heavy (non-hydrogen) atoms. The molecule has 0 N–H and O–H groups in total. The minimum Gasteiger partial charge on any atom is -0.264 e. The van der Waals surface area contributed by atoms with Gasteiger partial charge < -0.3 is 0 Å². The van der Waals surface area contributed by atoms with Gasteiger partial charge in [0, 0.05) is 11.3 Å². The number of rotatable bonds is 1. The van der Waals surface area contributed by atoms with Gasteiger partial charge in [-0.3, -0.25) is 10.1 Å². The lowest BCUT2D eigenvalue weighted by atomic mass is 10.0. The van der Waals surface area contributed by atoms with Crippen LogP contribution in [-0.4, -0.2) is 25.0 Å². The van der Waals surface area contributed by atoms with Crippen LogP contribution in [0.2, 0.25) is 0 Å². The zero-order chi connectivity index (χ0) is 12.5. The molecule has 0 aliphatic heterocycles. The minimum atomic E-state index is -1.81. The van der Waals surface area contributed by atoms with E-state index in [1.54, 1.807) is 0 Å². The smallest absolute Gasteiger partial charge is 0.242 e. The van der Waals surface area contributed by atoms with E-state index < -0.39 is 25.0 Å². The molecule has 0 radical (unpaired) electrons. The van der Waals surface area contributed by atoms with Gasteiger partial charge in [0.15, 0.2) is 9.21 Å². The van der Waals surface area contributed by atoms with Crippen molar-refractivity contribution in [1.29, 1.82) is 0 Å². The average Bonchev–Trinajstić information content (AvgIpc) is 2.39. The molecule has 0 saturated heterocycles. The molecule has 0 aromatic carbocycles. The quantitative estimate of drug-likeness (QED) is 0.411. The molecule has 0 aromatic heterocycles. The van der Waals surface area contributed by atoms with Crippen LogP contribution >= 0.6 is 69.6 Å². The van der Waals surface area contributed by atoms with Crippen molar-refractivity contribution in [3.63, 3.8) is 0 Å². The zero-order valence-electron chi connectivity index (χ0n) is 7.32. The molecule has 3 nitrogen and oxygen atoms in total. The maximum Gasteiger partial charge on any atom is 0.242 e. The third-order valence-electron chi connectivity index (χ3n) is 3.00. The van der Waals surface area contributed by atoms with Crippen LogP contribution in [0.4, 0.5) is 0 Å². The van der Waals surface area contributed by atoms with Gasteiger partial charge in [-0.2, -0.15) is 0 Å². The van der Waals surface area contributed by atoms with Crippen molar-refractivity contribution in [3.8, 4) is 0 Å². The van der Waals surface area contributed by atoms with Crippen LogP contribution in [0.5, 0.6) is 0 Å². The molecule has 0 unspecified atom stereocenters. The fourth-order valence-corrected chi connectivity index (χ4v) is 4.82. The van der Waals surface area contributed by atoms with Crippen LogP contribution in [0.15, 0.2) is 10.1 Å². The first-order chi connectivity index (χ1) is 7.10. The summed E-state index contributed by atoms with van der Waals surface area (Å²) in [5, 5.41) is 10.7. The first-order valence-corrected chi connectivity index (χ1v) is 6.33. The van der Waals surface area contributed by atoms with Gasteiger partial charge >= 0.3 is 0 Å². The lowest BCUT2D eigenvalue weighted by Crippen LogP contribution is -2.48. The summed E-state index contributed by atoms with van der Waals surface area (Å²) in [6.45, 7) is 0. The Morgan fingerprint density at radius 3 is 2.00 bits per heavy atom. The highest BCUT2D eigenvalue weighted by Gasteiger charge is 2.82. The van der Waals surface area contributed by atoms with Gasteiger partial charge in [-0.15, -0.1) is 23.2 Å². The summed E-state index contributed by atoms with van der Waals surface area (Å²) in [4.78, 5) is 7.02. The Morgan fingerprint density at radius 2 is 1.69 bits per heavy atom. The number of halogens is 6. The summed E-state index contributed by atoms with van der Waals surface area (Å²) < 4.78 is -1.81. The number of hydrogen-bond acceptors (Lipinski definition) is 2. The van der Waals surface area contributed by atoms with Crippen LogP contribution < -0.4 is 0 Å². The fourth-order valence-electron chi connectivity index (χ4n) is 2.10. The van der Waals surface area contributed by atoms with Crippen molar-refractivity contribution in [1.82, 2.24) is 0 Å². The second-order valence-corrected chi connectivity index (χ2v) is 7.05. The van der Waals surface area contributed by atoms with Crippen molar-refractivity contribution >= 4 is 69.6 Å². The van der Waals surface area contributed by atoms with Crippen molar-refractivity contribution in [2.75, 3.05) is 0 Å². The fraction of sp³-hybridized carbons (Fsp3) is 0.714. The van der Waals surface area contributed by atoms with Gasteiger partial charge in [0.2, 0.25) is 6.04 Å². The van der Waals surface area contributed by atoms with E-state index >= 15 is 0 Å². The summed E-state index contributed by atoms with van der Waals surface area (Å²) in [6.07, 6.45) is -0.160. The normalized spacial score (nSPS) is 45.2. The molecule has 2 aliphatic rings. The van der Waals surface area contributed by atoms with Crippen LogP contribution in [0, 0.1) is 10.1 Å².